The molecule has 1 fully saturated rings. The van der Waals surface area contributed by atoms with Crippen LogP contribution >= 0.6 is 0 Å². The molecule has 1 aliphatic rings. The molecule has 0 bridgehead atoms. The average molecular weight is 251 g/mol. The molecule has 1 aromatic heterocycles. The van der Waals surface area contributed by atoms with Gasteiger partial charge < -0.3 is 15.4 Å². The van der Waals surface area contributed by atoms with E-state index >= 15 is 0 Å². The molecule has 0 radical (unpaired) electrons. The lowest BCUT2D eigenvalue weighted by Crippen LogP contribution is -2.28. The summed E-state index contributed by atoms with van der Waals surface area (Å²) in [5, 5.41) is 12.6. The lowest BCUT2D eigenvalue weighted by Gasteiger charge is -2.20. The second-order valence-electron chi connectivity index (χ2n) is 5.29. The molecule has 1 heterocycles. The van der Waals surface area contributed by atoms with Crippen molar-refractivity contribution in [1.29, 1.82) is 0 Å². The number of aromatic nitrogens is 2. The Labute approximate surface area is 107 Å². The number of nitrogens with zero attached hydrogens (tertiary/aromatic N) is 1. The van der Waals surface area contributed by atoms with E-state index in [1.807, 2.05) is 13.8 Å². The largest absolute Gasteiger partial charge is 0.396 e. The van der Waals surface area contributed by atoms with Gasteiger partial charge in [0.1, 0.15) is 11.6 Å². The summed E-state index contributed by atoms with van der Waals surface area (Å²) in [4.78, 5) is 18.7. The Morgan fingerprint density at radius 1 is 1.56 bits per heavy atom. The third-order valence-electron chi connectivity index (χ3n) is 3.53. The predicted octanol–water partition coefficient (Wildman–Crippen LogP) is 1.47. The Morgan fingerprint density at radius 3 is 3.00 bits per heavy atom. The SMILES string of the molecule is CC(C)c1nc(NC2CCCC2CO)cc(=O)[nH]1. The van der Waals surface area contributed by atoms with E-state index in [0.717, 1.165) is 19.3 Å². The Hall–Kier alpha value is -1.36. The first kappa shape index (κ1) is 13.1. The number of H-pyrrole nitrogens is 1. The number of anilines is 1. The summed E-state index contributed by atoms with van der Waals surface area (Å²) in [7, 11) is 0. The first-order chi connectivity index (χ1) is 8.60. The van der Waals surface area contributed by atoms with Crippen LogP contribution < -0.4 is 10.9 Å². The maximum absolute atomic E-state index is 11.6. The molecule has 0 aromatic carbocycles. The quantitative estimate of drug-likeness (QED) is 0.757. The molecule has 1 saturated carbocycles. The fourth-order valence-corrected chi connectivity index (χ4v) is 2.46. The minimum absolute atomic E-state index is 0.130. The molecule has 0 amide bonds. The molecule has 0 aliphatic heterocycles. The van der Waals surface area contributed by atoms with Gasteiger partial charge in [-0.3, -0.25) is 4.79 Å². The van der Waals surface area contributed by atoms with Gasteiger partial charge in [-0.15, -0.1) is 0 Å². The molecule has 5 heteroatoms. The third-order valence-corrected chi connectivity index (χ3v) is 3.53. The van der Waals surface area contributed by atoms with Crippen LogP contribution in [0.4, 0.5) is 5.82 Å². The van der Waals surface area contributed by atoms with Gasteiger partial charge >= 0.3 is 0 Å². The maximum Gasteiger partial charge on any atom is 0.252 e. The van der Waals surface area contributed by atoms with Gasteiger partial charge in [-0.2, -0.15) is 0 Å². The first-order valence-electron chi connectivity index (χ1n) is 6.59. The van der Waals surface area contributed by atoms with Crippen molar-refractivity contribution >= 4 is 5.82 Å². The molecule has 3 N–H and O–H groups in total. The molecule has 2 rings (SSSR count). The van der Waals surface area contributed by atoms with Crippen molar-refractivity contribution in [2.24, 2.45) is 5.92 Å². The van der Waals surface area contributed by atoms with Crippen molar-refractivity contribution in [1.82, 2.24) is 9.97 Å². The summed E-state index contributed by atoms with van der Waals surface area (Å²) in [6, 6.07) is 1.71. The number of hydrogen-bond donors (Lipinski definition) is 3. The Balaban J connectivity index is 2.16. The fraction of sp³-hybridized carbons (Fsp3) is 0.692. The van der Waals surface area contributed by atoms with Crippen LogP contribution in [0.25, 0.3) is 0 Å². The van der Waals surface area contributed by atoms with Gasteiger partial charge in [0.05, 0.1) is 0 Å². The summed E-state index contributed by atoms with van der Waals surface area (Å²) < 4.78 is 0. The Bertz CT molecular complexity index is 456. The van der Waals surface area contributed by atoms with Crippen LogP contribution in [0.2, 0.25) is 0 Å². The van der Waals surface area contributed by atoms with Gasteiger partial charge in [0, 0.05) is 30.6 Å². The highest BCUT2D eigenvalue weighted by Gasteiger charge is 2.26. The molecular formula is C13H21N3O2. The number of aliphatic hydroxyl groups is 1. The molecule has 1 aliphatic carbocycles. The summed E-state index contributed by atoms with van der Waals surface area (Å²) in [5.74, 6) is 1.78. The predicted molar refractivity (Wildman–Crippen MR) is 70.8 cm³/mol. The lowest BCUT2D eigenvalue weighted by atomic mass is 10.1. The van der Waals surface area contributed by atoms with E-state index in [1.54, 1.807) is 0 Å². The van der Waals surface area contributed by atoms with Crippen LogP contribution in [0, 0.1) is 5.92 Å². The number of nitrogens with one attached hydrogen (secondary N) is 2. The van der Waals surface area contributed by atoms with Crippen molar-refractivity contribution in [2.75, 3.05) is 11.9 Å². The topological polar surface area (TPSA) is 78.0 Å². The zero-order valence-electron chi connectivity index (χ0n) is 10.9. The van der Waals surface area contributed by atoms with Gasteiger partial charge in [-0.25, -0.2) is 4.98 Å². The Kier molecular flexibility index (Phi) is 4.01. The van der Waals surface area contributed by atoms with E-state index in [1.165, 1.54) is 6.07 Å². The molecule has 2 atom stereocenters. The van der Waals surface area contributed by atoms with Crippen LogP contribution in [0.5, 0.6) is 0 Å². The van der Waals surface area contributed by atoms with Crippen molar-refractivity contribution in [3.05, 3.63) is 22.2 Å². The zero-order valence-corrected chi connectivity index (χ0v) is 10.9. The smallest absolute Gasteiger partial charge is 0.252 e. The van der Waals surface area contributed by atoms with E-state index in [9.17, 15) is 9.90 Å². The second kappa shape index (κ2) is 5.52. The monoisotopic (exact) mass is 251 g/mol. The standard InChI is InChI=1S/C13H21N3O2/c1-8(2)13-15-11(6-12(18)16-13)14-10-5-3-4-9(10)7-17/h6,8-10,17H,3-5,7H2,1-2H3,(H2,14,15,16,18). The van der Waals surface area contributed by atoms with Crippen LogP contribution in [0.3, 0.4) is 0 Å². The molecule has 5 nitrogen and oxygen atoms in total. The normalized spacial score (nSPS) is 23.6. The minimum Gasteiger partial charge on any atom is -0.396 e. The summed E-state index contributed by atoms with van der Waals surface area (Å²) in [5.41, 5.74) is -0.130. The molecule has 0 spiro atoms. The van der Waals surface area contributed by atoms with E-state index in [4.69, 9.17) is 0 Å². The molecule has 18 heavy (non-hydrogen) atoms. The van der Waals surface area contributed by atoms with E-state index in [2.05, 4.69) is 15.3 Å². The van der Waals surface area contributed by atoms with Crippen LogP contribution in [0.1, 0.15) is 44.9 Å². The summed E-state index contributed by atoms with van der Waals surface area (Å²) >= 11 is 0. The van der Waals surface area contributed by atoms with Gasteiger partial charge in [0.25, 0.3) is 5.56 Å². The van der Waals surface area contributed by atoms with Crippen LogP contribution in [-0.4, -0.2) is 27.7 Å². The number of rotatable bonds is 4. The number of hydrogen-bond acceptors (Lipinski definition) is 4. The highest BCUT2D eigenvalue weighted by Crippen LogP contribution is 2.27. The first-order valence-corrected chi connectivity index (χ1v) is 6.59. The highest BCUT2D eigenvalue weighted by atomic mass is 16.3. The van der Waals surface area contributed by atoms with Crippen molar-refractivity contribution in [3.8, 4) is 0 Å². The molecule has 0 saturated heterocycles. The Morgan fingerprint density at radius 2 is 2.33 bits per heavy atom. The van der Waals surface area contributed by atoms with Gasteiger partial charge in [0.15, 0.2) is 0 Å². The van der Waals surface area contributed by atoms with E-state index in [0.29, 0.717) is 11.6 Å². The summed E-state index contributed by atoms with van der Waals surface area (Å²) in [6.07, 6.45) is 3.17. The molecule has 100 valence electrons. The number of aromatic amines is 1. The van der Waals surface area contributed by atoms with Crippen LogP contribution in [-0.2, 0) is 0 Å². The molecule has 1 aromatic rings. The zero-order chi connectivity index (χ0) is 13.1. The average Bonchev–Trinajstić information content (AvgIpc) is 2.75. The second-order valence-corrected chi connectivity index (χ2v) is 5.29. The van der Waals surface area contributed by atoms with Gasteiger partial charge in [-0.05, 0) is 12.8 Å². The van der Waals surface area contributed by atoms with E-state index < -0.39 is 0 Å². The van der Waals surface area contributed by atoms with Crippen molar-refractivity contribution < 1.29 is 5.11 Å². The number of aliphatic hydroxyl groups excluding tert-OH is 1. The molecule has 2 unspecified atom stereocenters. The van der Waals surface area contributed by atoms with Crippen LogP contribution in [0.15, 0.2) is 10.9 Å². The maximum atomic E-state index is 11.6. The van der Waals surface area contributed by atoms with E-state index in [-0.39, 0.29) is 30.0 Å². The van der Waals surface area contributed by atoms with Gasteiger partial charge in [0.2, 0.25) is 0 Å². The summed E-state index contributed by atoms with van der Waals surface area (Å²) in [6.45, 7) is 4.18. The van der Waals surface area contributed by atoms with Crippen molar-refractivity contribution in [2.45, 2.75) is 45.1 Å². The fourth-order valence-electron chi connectivity index (χ4n) is 2.46. The third kappa shape index (κ3) is 2.90. The highest BCUT2D eigenvalue weighted by molar-refractivity contribution is 5.35. The molecular weight excluding hydrogens is 230 g/mol. The van der Waals surface area contributed by atoms with Crippen molar-refractivity contribution in [3.63, 3.8) is 0 Å². The lowest BCUT2D eigenvalue weighted by molar-refractivity contribution is 0.222. The minimum atomic E-state index is -0.130. The van der Waals surface area contributed by atoms with Gasteiger partial charge in [-0.1, -0.05) is 20.3 Å².